The van der Waals surface area contributed by atoms with Crippen molar-refractivity contribution >= 4 is 28.7 Å². The van der Waals surface area contributed by atoms with Crippen molar-refractivity contribution in [2.75, 3.05) is 0 Å². The summed E-state index contributed by atoms with van der Waals surface area (Å²) >= 11 is 0. The summed E-state index contributed by atoms with van der Waals surface area (Å²) in [5.74, 6) is -2.86. The van der Waals surface area contributed by atoms with Crippen LogP contribution in [-0.4, -0.2) is 33.9 Å². The summed E-state index contributed by atoms with van der Waals surface area (Å²) in [7, 11) is 0. The lowest BCUT2D eigenvalue weighted by molar-refractivity contribution is -0.139. The molecule has 122 valence electrons. The van der Waals surface area contributed by atoms with Gasteiger partial charge in [0.1, 0.15) is 11.9 Å². The molecule has 0 saturated carbocycles. The number of carbonyl (C=O) groups is 3. The van der Waals surface area contributed by atoms with E-state index in [0.29, 0.717) is 16.5 Å². The maximum atomic E-state index is 13.3. The van der Waals surface area contributed by atoms with Crippen molar-refractivity contribution < 1.29 is 23.9 Å². The van der Waals surface area contributed by atoms with Crippen molar-refractivity contribution in [3.8, 4) is 0 Å². The predicted octanol–water partition coefficient (Wildman–Crippen LogP) is 0.684. The van der Waals surface area contributed by atoms with Gasteiger partial charge in [-0.3, -0.25) is 14.4 Å². The number of aromatic nitrogens is 1. The van der Waals surface area contributed by atoms with Crippen LogP contribution in [-0.2, 0) is 20.8 Å². The molecule has 0 aliphatic heterocycles. The number of aliphatic carboxylic acids is 1. The Labute approximate surface area is 130 Å². The van der Waals surface area contributed by atoms with E-state index in [9.17, 15) is 18.8 Å². The average Bonchev–Trinajstić information content (AvgIpc) is 2.86. The van der Waals surface area contributed by atoms with E-state index >= 15 is 0 Å². The highest BCUT2D eigenvalue weighted by atomic mass is 19.1. The molecule has 0 radical (unpaired) electrons. The fourth-order valence-corrected chi connectivity index (χ4v) is 2.25. The molecule has 0 saturated heterocycles. The first kappa shape index (κ1) is 16.5. The van der Waals surface area contributed by atoms with Gasteiger partial charge in [-0.15, -0.1) is 0 Å². The molecule has 5 N–H and O–H groups in total. The molecule has 0 aliphatic carbocycles. The van der Waals surface area contributed by atoms with Crippen molar-refractivity contribution in [2.24, 2.45) is 5.73 Å². The van der Waals surface area contributed by atoms with Crippen LogP contribution >= 0.6 is 0 Å². The van der Waals surface area contributed by atoms with E-state index in [-0.39, 0.29) is 19.3 Å². The molecule has 2 amide bonds. The molecule has 7 nitrogen and oxygen atoms in total. The molecule has 1 aromatic heterocycles. The molecular formula is C15H16FN3O4. The second-order valence-electron chi connectivity index (χ2n) is 5.12. The summed E-state index contributed by atoms with van der Waals surface area (Å²) < 4.78 is 13.3. The molecular weight excluding hydrogens is 305 g/mol. The Bertz CT molecular complexity index is 756. The third-order valence-electron chi connectivity index (χ3n) is 3.40. The van der Waals surface area contributed by atoms with Gasteiger partial charge >= 0.3 is 5.97 Å². The Hall–Kier alpha value is -2.90. The van der Waals surface area contributed by atoms with Gasteiger partial charge in [-0.2, -0.15) is 0 Å². The number of carboxylic acids is 1. The smallest absolute Gasteiger partial charge is 0.303 e. The fourth-order valence-electron chi connectivity index (χ4n) is 2.25. The summed E-state index contributed by atoms with van der Waals surface area (Å²) in [6.45, 7) is 0. The van der Waals surface area contributed by atoms with Crippen LogP contribution in [0.5, 0.6) is 0 Å². The lowest BCUT2D eigenvalue weighted by Gasteiger charge is -2.15. The van der Waals surface area contributed by atoms with Gasteiger partial charge in [0.15, 0.2) is 0 Å². The van der Waals surface area contributed by atoms with Crippen LogP contribution < -0.4 is 11.1 Å². The highest BCUT2D eigenvalue weighted by molar-refractivity contribution is 5.89. The summed E-state index contributed by atoms with van der Waals surface area (Å²) in [6, 6.07) is 3.20. The zero-order chi connectivity index (χ0) is 17.0. The first-order valence-electron chi connectivity index (χ1n) is 6.93. The van der Waals surface area contributed by atoms with E-state index in [2.05, 4.69) is 10.3 Å². The van der Waals surface area contributed by atoms with Crippen LogP contribution in [0.15, 0.2) is 24.4 Å². The van der Waals surface area contributed by atoms with Crippen LogP contribution in [0.3, 0.4) is 0 Å². The first-order chi connectivity index (χ1) is 10.9. The maximum Gasteiger partial charge on any atom is 0.303 e. The van der Waals surface area contributed by atoms with E-state index in [4.69, 9.17) is 10.8 Å². The fraction of sp³-hybridized carbons (Fsp3) is 0.267. The summed E-state index contributed by atoms with van der Waals surface area (Å²) in [4.78, 5) is 36.6. The van der Waals surface area contributed by atoms with Gasteiger partial charge < -0.3 is 21.1 Å². The summed E-state index contributed by atoms with van der Waals surface area (Å²) in [6.07, 6.45) is 1.11. The van der Waals surface area contributed by atoms with E-state index in [1.807, 2.05) is 0 Å². The van der Waals surface area contributed by atoms with Crippen molar-refractivity contribution in [2.45, 2.75) is 25.3 Å². The number of aromatic amines is 1. The first-order valence-corrected chi connectivity index (χ1v) is 6.93. The molecule has 1 heterocycles. The predicted molar refractivity (Wildman–Crippen MR) is 80.0 cm³/mol. The number of amides is 2. The monoisotopic (exact) mass is 321 g/mol. The molecule has 1 atom stereocenters. The van der Waals surface area contributed by atoms with Gasteiger partial charge in [0.05, 0.1) is 6.42 Å². The van der Waals surface area contributed by atoms with Crippen LogP contribution in [0.25, 0.3) is 10.9 Å². The minimum absolute atomic E-state index is 0.0810. The molecule has 1 aromatic carbocycles. The van der Waals surface area contributed by atoms with Crippen molar-refractivity contribution in [3.05, 3.63) is 35.8 Å². The van der Waals surface area contributed by atoms with Crippen molar-refractivity contribution in [3.63, 3.8) is 0 Å². The zero-order valence-electron chi connectivity index (χ0n) is 12.1. The molecule has 0 fully saturated rings. The van der Waals surface area contributed by atoms with E-state index in [1.165, 1.54) is 12.1 Å². The number of rotatable bonds is 7. The lowest BCUT2D eigenvalue weighted by Crippen LogP contribution is -2.45. The Balaban J connectivity index is 2.12. The van der Waals surface area contributed by atoms with Gasteiger partial charge in [0.25, 0.3) is 0 Å². The number of nitrogens with two attached hydrogens (primary N) is 1. The van der Waals surface area contributed by atoms with Crippen molar-refractivity contribution in [1.29, 1.82) is 0 Å². The number of carboxylic acid groups (broad SMARTS) is 1. The highest BCUT2D eigenvalue weighted by Gasteiger charge is 2.20. The lowest BCUT2D eigenvalue weighted by atomic mass is 10.0. The Kier molecular flexibility index (Phi) is 4.95. The Morgan fingerprint density at radius 2 is 2.04 bits per heavy atom. The molecule has 0 spiro atoms. The van der Waals surface area contributed by atoms with Crippen LogP contribution in [0.2, 0.25) is 0 Å². The second-order valence-corrected chi connectivity index (χ2v) is 5.12. The second kappa shape index (κ2) is 6.91. The van der Waals surface area contributed by atoms with Gasteiger partial charge in [0, 0.05) is 29.9 Å². The van der Waals surface area contributed by atoms with Crippen LogP contribution in [0.4, 0.5) is 4.39 Å². The number of primary amides is 1. The normalized spacial score (nSPS) is 12.0. The average molecular weight is 321 g/mol. The van der Waals surface area contributed by atoms with Gasteiger partial charge in [0.2, 0.25) is 11.8 Å². The standard InChI is InChI=1S/C15H16FN3O4/c16-9-1-2-11-10(6-9)8(7-18-11)5-12(15(17)23)19-13(20)3-4-14(21)22/h1-2,6-7,12,18H,3-5H2,(H2,17,23)(H,19,20)(H,21,22)/t12-/m0/s1. The largest absolute Gasteiger partial charge is 0.481 e. The topological polar surface area (TPSA) is 125 Å². The van der Waals surface area contributed by atoms with Gasteiger partial charge in [-0.25, -0.2) is 4.39 Å². The number of benzene rings is 1. The minimum atomic E-state index is -1.11. The molecule has 23 heavy (non-hydrogen) atoms. The molecule has 2 rings (SSSR count). The number of H-pyrrole nitrogens is 1. The molecule has 0 unspecified atom stereocenters. The quantitative estimate of drug-likeness (QED) is 0.598. The molecule has 8 heteroatoms. The number of hydrogen-bond acceptors (Lipinski definition) is 3. The van der Waals surface area contributed by atoms with E-state index in [1.54, 1.807) is 12.3 Å². The number of fused-ring (bicyclic) bond motifs is 1. The third-order valence-corrected chi connectivity index (χ3v) is 3.40. The Morgan fingerprint density at radius 3 is 2.70 bits per heavy atom. The van der Waals surface area contributed by atoms with Crippen LogP contribution in [0, 0.1) is 5.82 Å². The number of carbonyl (C=O) groups excluding carboxylic acids is 2. The summed E-state index contributed by atoms with van der Waals surface area (Å²) in [5.41, 5.74) is 6.60. The number of hydrogen-bond donors (Lipinski definition) is 4. The Morgan fingerprint density at radius 1 is 1.30 bits per heavy atom. The number of nitrogens with one attached hydrogen (secondary N) is 2. The summed E-state index contributed by atoms with van der Waals surface area (Å²) in [5, 5.41) is 11.5. The van der Waals surface area contributed by atoms with Crippen molar-refractivity contribution in [1.82, 2.24) is 10.3 Å². The van der Waals surface area contributed by atoms with Gasteiger partial charge in [-0.05, 0) is 23.8 Å². The zero-order valence-corrected chi connectivity index (χ0v) is 12.1. The van der Waals surface area contributed by atoms with Gasteiger partial charge in [-0.1, -0.05) is 0 Å². The van der Waals surface area contributed by atoms with E-state index in [0.717, 1.165) is 0 Å². The third kappa shape index (κ3) is 4.29. The minimum Gasteiger partial charge on any atom is -0.481 e. The number of halogens is 1. The maximum absolute atomic E-state index is 13.3. The molecule has 2 aromatic rings. The van der Waals surface area contributed by atoms with Crippen LogP contribution in [0.1, 0.15) is 18.4 Å². The SMILES string of the molecule is NC(=O)[C@H](Cc1c[nH]c2ccc(F)cc12)NC(=O)CCC(=O)O. The van der Waals surface area contributed by atoms with E-state index < -0.39 is 29.6 Å². The molecule has 0 bridgehead atoms. The molecule has 0 aliphatic rings. The highest BCUT2D eigenvalue weighted by Crippen LogP contribution is 2.20.